The van der Waals surface area contributed by atoms with Crippen LogP contribution in [-0.2, 0) is 7.05 Å². The summed E-state index contributed by atoms with van der Waals surface area (Å²) in [6.45, 7) is 6.96. The van der Waals surface area contributed by atoms with Crippen LogP contribution in [0.15, 0.2) is 12.3 Å². The fourth-order valence-electron chi connectivity index (χ4n) is 2.28. The first-order valence-corrected chi connectivity index (χ1v) is 5.40. The third kappa shape index (κ3) is 1.69. The predicted molar refractivity (Wildman–Crippen MR) is 57.3 cm³/mol. The fraction of sp³-hybridized carbons (Fsp3) is 0.727. The van der Waals surface area contributed by atoms with Gasteiger partial charge in [-0.3, -0.25) is 4.68 Å². The lowest BCUT2D eigenvalue weighted by molar-refractivity contribution is 0.272. The lowest BCUT2D eigenvalue weighted by Crippen LogP contribution is -2.28. The highest BCUT2D eigenvalue weighted by molar-refractivity contribution is 5.10. The Labute approximate surface area is 85.7 Å². The molecule has 0 spiro atoms. The molecule has 0 radical (unpaired) electrons. The van der Waals surface area contributed by atoms with Gasteiger partial charge in [-0.15, -0.1) is 0 Å². The van der Waals surface area contributed by atoms with Crippen LogP contribution in [0.4, 0.5) is 0 Å². The van der Waals surface area contributed by atoms with E-state index in [4.69, 9.17) is 0 Å². The van der Waals surface area contributed by atoms with Crippen LogP contribution in [0.3, 0.4) is 0 Å². The maximum Gasteiger partial charge on any atom is 0.0492 e. The van der Waals surface area contributed by atoms with Crippen LogP contribution in [0.5, 0.6) is 0 Å². The largest absolute Gasteiger partial charge is 0.300 e. The lowest BCUT2D eigenvalue weighted by Gasteiger charge is -2.20. The molecule has 1 atom stereocenters. The molecule has 14 heavy (non-hydrogen) atoms. The van der Waals surface area contributed by atoms with E-state index in [1.807, 2.05) is 17.9 Å². The summed E-state index contributed by atoms with van der Waals surface area (Å²) in [4.78, 5) is 2.54. The van der Waals surface area contributed by atoms with E-state index in [1.165, 1.54) is 25.2 Å². The van der Waals surface area contributed by atoms with E-state index >= 15 is 0 Å². The zero-order valence-electron chi connectivity index (χ0n) is 9.27. The molecular weight excluding hydrogens is 174 g/mol. The van der Waals surface area contributed by atoms with Gasteiger partial charge in [0.1, 0.15) is 0 Å². The first-order valence-electron chi connectivity index (χ1n) is 5.40. The molecule has 1 aromatic rings. The van der Waals surface area contributed by atoms with E-state index in [-0.39, 0.29) is 0 Å². The van der Waals surface area contributed by atoms with Gasteiger partial charge in [0, 0.05) is 37.4 Å². The molecule has 1 fully saturated rings. The van der Waals surface area contributed by atoms with Crippen molar-refractivity contribution in [2.45, 2.75) is 32.2 Å². The molecule has 0 aliphatic carbocycles. The van der Waals surface area contributed by atoms with Gasteiger partial charge in [-0.1, -0.05) is 0 Å². The van der Waals surface area contributed by atoms with Crippen LogP contribution >= 0.6 is 0 Å². The molecule has 1 aliphatic rings. The Morgan fingerprint density at radius 3 is 2.79 bits per heavy atom. The molecule has 0 N–H and O–H groups in total. The average molecular weight is 193 g/mol. The highest BCUT2D eigenvalue weighted by Crippen LogP contribution is 2.27. The number of hydrogen-bond donors (Lipinski definition) is 0. The molecule has 2 rings (SSSR count). The zero-order chi connectivity index (χ0) is 10.1. The molecule has 1 unspecified atom stereocenters. The van der Waals surface area contributed by atoms with Crippen molar-refractivity contribution < 1.29 is 0 Å². The van der Waals surface area contributed by atoms with Gasteiger partial charge in [0.15, 0.2) is 0 Å². The van der Waals surface area contributed by atoms with Crippen LogP contribution in [0, 0.1) is 0 Å². The molecule has 1 saturated heterocycles. The van der Waals surface area contributed by atoms with Crippen molar-refractivity contribution in [3.8, 4) is 0 Å². The number of hydrogen-bond acceptors (Lipinski definition) is 2. The smallest absolute Gasteiger partial charge is 0.0492 e. The Hall–Kier alpha value is -0.830. The minimum Gasteiger partial charge on any atom is -0.300 e. The van der Waals surface area contributed by atoms with Gasteiger partial charge in [0.2, 0.25) is 0 Å². The maximum atomic E-state index is 4.23. The Balaban J connectivity index is 2.06. The van der Waals surface area contributed by atoms with E-state index < -0.39 is 0 Å². The third-order valence-corrected chi connectivity index (χ3v) is 3.23. The summed E-state index contributed by atoms with van der Waals surface area (Å²) in [7, 11) is 2.04. The number of aryl methyl sites for hydroxylation is 1. The minimum absolute atomic E-state index is 0.674. The van der Waals surface area contributed by atoms with Crippen molar-refractivity contribution in [2.75, 3.05) is 13.1 Å². The summed E-state index contributed by atoms with van der Waals surface area (Å²) in [5.41, 5.74) is 1.38. The normalized spacial score (nSPS) is 23.6. The highest BCUT2D eigenvalue weighted by Gasteiger charge is 2.26. The standard InChI is InChI=1S/C11H19N3/c1-9(2)14-7-5-10(8-14)11-4-6-12-13(11)3/h4,6,9-10H,5,7-8H2,1-3H3. The lowest BCUT2D eigenvalue weighted by atomic mass is 10.1. The monoisotopic (exact) mass is 193 g/mol. The van der Waals surface area contributed by atoms with Crippen molar-refractivity contribution in [1.82, 2.24) is 14.7 Å². The molecule has 2 heterocycles. The average Bonchev–Trinajstić information content (AvgIpc) is 2.71. The zero-order valence-corrected chi connectivity index (χ0v) is 9.27. The van der Waals surface area contributed by atoms with Gasteiger partial charge in [0.05, 0.1) is 0 Å². The van der Waals surface area contributed by atoms with Gasteiger partial charge in [-0.05, 0) is 32.9 Å². The number of aromatic nitrogens is 2. The van der Waals surface area contributed by atoms with Crippen LogP contribution in [-0.4, -0.2) is 33.8 Å². The topological polar surface area (TPSA) is 21.1 Å². The van der Waals surface area contributed by atoms with Gasteiger partial charge in [0.25, 0.3) is 0 Å². The summed E-state index contributed by atoms with van der Waals surface area (Å²) in [5.74, 6) is 0.685. The Morgan fingerprint density at radius 1 is 1.50 bits per heavy atom. The quantitative estimate of drug-likeness (QED) is 0.711. The molecule has 0 amide bonds. The van der Waals surface area contributed by atoms with Crippen LogP contribution in [0.2, 0.25) is 0 Å². The van der Waals surface area contributed by atoms with Crippen LogP contribution in [0.1, 0.15) is 31.9 Å². The minimum atomic E-state index is 0.674. The summed E-state index contributed by atoms with van der Waals surface area (Å²) in [5, 5.41) is 4.23. The second kappa shape index (κ2) is 3.73. The molecule has 1 aliphatic heterocycles. The molecule has 0 aromatic carbocycles. The number of rotatable bonds is 2. The molecule has 3 heteroatoms. The van der Waals surface area contributed by atoms with Crippen LogP contribution < -0.4 is 0 Å². The highest BCUT2D eigenvalue weighted by atomic mass is 15.3. The Morgan fingerprint density at radius 2 is 2.29 bits per heavy atom. The van der Waals surface area contributed by atoms with Gasteiger partial charge < -0.3 is 4.90 Å². The molecule has 0 bridgehead atoms. The van der Waals surface area contributed by atoms with Gasteiger partial charge in [-0.2, -0.15) is 5.10 Å². The molecule has 1 aromatic heterocycles. The summed E-state index contributed by atoms with van der Waals surface area (Å²) >= 11 is 0. The first-order chi connectivity index (χ1) is 6.68. The molecule has 0 saturated carbocycles. The Kier molecular flexibility index (Phi) is 2.59. The van der Waals surface area contributed by atoms with E-state index in [1.54, 1.807) is 0 Å². The summed E-state index contributed by atoms with van der Waals surface area (Å²) in [6, 6.07) is 2.82. The number of likely N-dealkylation sites (tertiary alicyclic amines) is 1. The van der Waals surface area contributed by atoms with Gasteiger partial charge >= 0.3 is 0 Å². The molecular formula is C11H19N3. The van der Waals surface area contributed by atoms with Crippen LogP contribution in [0.25, 0.3) is 0 Å². The van der Waals surface area contributed by atoms with Crippen molar-refractivity contribution in [3.05, 3.63) is 18.0 Å². The Bertz CT molecular complexity index is 303. The summed E-state index contributed by atoms with van der Waals surface area (Å²) in [6.07, 6.45) is 3.17. The number of nitrogens with zero attached hydrogens (tertiary/aromatic N) is 3. The van der Waals surface area contributed by atoms with Crippen molar-refractivity contribution >= 4 is 0 Å². The van der Waals surface area contributed by atoms with Crippen molar-refractivity contribution in [1.29, 1.82) is 0 Å². The van der Waals surface area contributed by atoms with Gasteiger partial charge in [-0.25, -0.2) is 0 Å². The van der Waals surface area contributed by atoms with E-state index in [2.05, 4.69) is 29.9 Å². The summed E-state index contributed by atoms with van der Waals surface area (Å²) < 4.78 is 2.01. The second-order valence-corrected chi connectivity index (χ2v) is 4.45. The van der Waals surface area contributed by atoms with Crippen molar-refractivity contribution in [3.63, 3.8) is 0 Å². The molecule has 78 valence electrons. The maximum absolute atomic E-state index is 4.23. The van der Waals surface area contributed by atoms with E-state index in [9.17, 15) is 0 Å². The fourth-order valence-corrected chi connectivity index (χ4v) is 2.28. The SMILES string of the molecule is CC(C)N1CCC(c2ccnn2C)C1. The third-order valence-electron chi connectivity index (χ3n) is 3.23. The second-order valence-electron chi connectivity index (χ2n) is 4.45. The molecule has 3 nitrogen and oxygen atoms in total. The van der Waals surface area contributed by atoms with E-state index in [0.717, 1.165) is 0 Å². The predicted octanol–water partition coefficient (Wildman–Crippen LogP) is 1.62. The van der Waals surface area contributed by atoms with Crippen molar-refractivity contribution in [2.24, 2.45) is 7.05 Å². The van der Waals surface area contributed by atoms with E-state index in [0.29, 0.717) is 12.0 Å². The first kappa shape index (κ1) is 9.71.